The summed E-state index contributed by atoms with van der Waals surface area (Å²) in [6.07, 6.45) is 10.8. The standard InChI is InChI=1S/C21H38O4S/c1-20(2,3)25-19(22)21(12-16-26-17-13-21)11-7-4-5-8-14-23-18-10-6-9-15-24-18/h18H,4-17H2,1-3H3. The quantitative estimate of drug-likeness (QED) is 0.395. The lowest BCUT2D eigenvalue weighted by Crippen LogP contribution is -2.40. The molecular formula is C21H38O4S. The molecule has 0 aromatic heterocycles. The van der Waals surface area contributed by atoms with E-state index in [9.17, 15) is 4.79 Å². The predicted molar refractivity (Wildman–Crippen MR) is 107 cm³/mol. The van der Waals surface area contributed by atoms with Crippen LogP contribution in [-0.4, -0.2) is 42.6 Å². The lowest BCUT2D eigenvalue weighted by Gasteiger charge is -2.37. The summed E-state index contributed by atoms with van der Waals surface area (Å²) in [7, 11) is 0. The van der Waals surface area contributed by atoms with E-state index in [4.69, 9.17) is 14.2 Å². The molecule has 0 aliphatic carbocycles. The van der Waals surface area contributed by atoms with Gasteiger partial charge in [-0.2, -0.15) is 11.8 Å². The molecular weight excluding hydrogens is 348 g/mol. The number of ether oxygens (including phenoxy) is 3. The lowest BCUT2D eigenvalue weighted by molar-refractivity contribution is -0.169. The van der Waals surface area contributed by atoms with Crippen molar-refractivity contribution in [2.75, 3.05) is 24.7 Å². The van der Waals surface area contributed by atoms with Crippen molar-refractivity contribution in [2.45, 2.75) is 96.9 Å². The van der Waals surface area contributed by atoms with Crippen molar-refractivity contribution >= 4 is 17.7 Å². The molecule has 1 atom stereocenters. The monoisotopic (exact) mass is 386 g/mol. The molecule has 2 aliphatic rings. The molecule has 5 heteroatoms. The first-order chi connectivity index (χ1) is 12.4. The minimum atomic E-state index is -0.396. The van der Waals surface area contributed by atoms with Gasteiger partial charge in [0.15, 0.2) is 6.29 Å². The molecule has 0 aromatic carbocycles. The van der Waals surface area contributed by atoms with Gasteiger partial charge < -0.3 is 14.2 Å². The van der Waals surface area contributed by atoms with Gasteiger partial charge in [0.05, 0.1) is 5.41 Å². The van der Waals surface area contributed by atoms with E-state index in [1.807, 2.05) is 32.5 Å². The lowest BCUT2D eigenvalue weighted by atomic mass is 9.77. The van der Waals surface area contributed by atoms with Crippen molar-refractivity contribution < 1.29 is 19.0 Å². The van der Waals surface area contributed by atoms with Crippen molar-refractivity contribution in [1.29, 1.82) is 0 Å². The van der Waals surface area contributed by atoms with Gasteiger partial charge in [0.25, 0.3) is 0 Å². The third kappa shape index (κ3) is 7.77. The smallest absolute Gasteiger partial charge is 0.312 e. The Balaban J connectivity index is 1.64. The zero-order chi connectivity index (χ0) is 18.9. The first-order valence-corrected chi connectivity index (χ1v) is 11.6. The van der Waals surface area contributed by atoms with E-state index in [0.29, 0.717) is 0 Å². The predicted octanol–water partition coefficient (Wildman–Crippen LogP) is 5.34. The minimum absolute atomic E-state index is 0.0268. The number of unbranched alkanes of at least 4 members (excludes halogenated alkanes) is 3. The first kappa shape index (κ1) is 22.0. The molecule has 0 bridgehead atoms. The van der Waals surface area contributed by atoms with E-state index >= 15 is 0 Å². The molecule has 2 fully saturated rings. The van der Waals surface area contributed by atoms with Gasteiger partial charge >= 0.3 is 5.97 Å². The highest BCUT2D eigenvalue weighted by atomic mass is 32.2. The van der Waals surface area contributed by atoms with Gasteiger partial charge in [-0.15, -0.1) is 0 Å². The number of carbonyl (C=O) groups is 1. The van der Waals surface area contributed by atoms with Gasteiger partial charge in [0.2, 0.25) is 0 Å². The van der Waals surface area contributed by atoms with Gasteiger partial charge in [-0.1, -0.05) is 19.3 Å². The van der Waals surface area contributed by atoms with Crippen LogP contribution in [0.1, 0.15) is 85.0 Å². The van der Waals surface area contributed by atoms with Crippen LogP contribution >= 0.6 is 11.8 Å². The van der Waals surface area contributed by atoms with Crippen molar-refractivity contribution in [3.05, 3.63) is 0 Å². The second-order valence-electron chi connectivity index (χ2n) is 8.73. The fourth-order valence-electron chi connectivity index (χ4n) is 3.68. The summed E-state index contributed by atoms with van der Waals surface area (Å²) < 4.78 is 17.1. The molecule has 4 nitrogen and oxygen atoms in total. The summed E-state index contributed by atoms with van der Waals surface area (Å²) in [5.74, 6) is 2.19. The first-order valence-electron chi connectivity index (χ1n) is 10.5. The Kier molecular flexibility index (Phi) is 9.25. The molecule has 2 saturated heterocycles. The van der Waals surface area contributed by atoms with Crippen LogP contribution in [0.15, 0.2) is 0 Å². The molecule has 0 radical (unpaired) electrons. The Hall–Kier alpha value is -0.260. The highest BCUT2D eigenvalue weighted by Gasteiger charge is 2.42. The normalized spacial score (nSPS) is 23.6. The van der Waals surface area contributed by atoms with E-state index in [2.05, 4.69) is 0 Å². The Morgan fingerprint density at radius 2 is 1.85 bits per heavy atom. The number of rotatable bonds is 9. The molecule has 2 rings (SSSR count). The molecule has 2 heterocycles. The molecule has 0 spiro atoms. The maximum Gasteiger partial charge on any atom is 0.312 e. The fraction of sp³-hybridized carbons (Fsp3) is 0.952. The molecule has 0 saturated carbocycles. The summed E-state index contributed by atoms with van der Waals surface area (Å²) in [5.41, 5.74) is -0.641. The molecule has 26 heavy (non-hydrogen) atoms. The van der Waals surface area contributed by atoms with Crippen LogP contribution in [0.5, 0.6) is 0 Å². The largest absolute Gasteiger partial charge is 0.460 e. The SMILES string of the molecule is CC(C)(C)OC(=O)C1(CCCCCCOC2CCCCO2)CCSCC1. The summed E-state index contributed by atoms with van der Waals surface area (Å²) in [6.45, 7) is 7.53. The Morgan fingerprint density at radius 3 is 2.50 bits per heavy atom. The van der Waals surface area contributed by atoms with Crippen LogP contribution in [0.2, 0.25) is 0 Å². The Bertz CT molecular complexity index is 407. The highest BCUT2D eigenvalue weighted by Crippen LogP contribution is 2.41. The molecule has 0 N–H and O–H groups in total. The number of hydrogen-bond donors (Lipinski definition) is 0. The van der Waals surface area contributed by atoms with Crippen molar-refractivity contribution in [1.82, 2.24) is 0 Å². The summed E-state index contributed by atoms with van der Waals surface area (Å²) >= 11 is 1.96. The van der Waals surface area contributed by atoms with Crippen LogP contribution in [0, 0.1) is 5.41 Å². The van der Waals surface area contributed by atoms with E-state index < -0.39 is 5.60 Å². The maximum absolute atomic E-state index is 12.8. The molecule has 152 valence electrons. The fourth-order valence-corrected chi connectivity index (χ4v) is 4.96. The van der Waals surface area contributed by atoms with Gasteiger partial charge in [-0.25, -0.2) is 0 Å². The van der Waals surface area contributed by atoms with E-state index in [0.717, 1.165) is 82.5 Å². The molecule has 0 aromatic rings. The summed E-state index contributed by atoms with van der Waals surface area (Å²) in [5, 5.41) is 0. The third-order valence-electron chi connectivity index (χ3n) is 5.27. The average Bonchev–Trinajstić information content (AvgIpc) is 2.61. The molecule has 0 amide bonds. The van der Waals surface area contributed by atoms with Gasteiger partial charge in [0, 0.05) is 13.2 Å². The zero-order valence-corrected chi connectivity index (χ0v) is 17.8. The van der Waals surface area contributed by atoms with E-state index in [-0.39, 0.29) is 17.7 Å². The second kappa shape index (κ2) is 10.9. The Morgan fingerprint density at radius 1 is 1.12 bits per heavy atom. The average molecular weight is 387 g/mol. The maximum atomic E-state index is 12.8. The van der Waals surface area contributed by atoms with Crippen LogP contribution in [0.4, 0.5) is 0 Å². The van der Waals surface area contributed by atoms with Crippen LogP contribution in [-0.2, 0) is 19.0 Å². The number of esters is 1. The van der Waals surface area contributed by atoms with Gasteiger partial charge in [0.1, 0.15) is 5.60 Å². The van der Waals surface area contributed by atoms with E-state index in [1.165, 1.54) is 6.42 Å². The summed E-state index contributed by atoms with van der Waals surface area (Å²) in [4.78, 5) is 12.8. The van der Waals surface area contributed by atoms with Gasteiger partial charge in [-0.3, -0.25) is 4.79 Å². The summed E-state index contributed by atoms with van der Waals surface area (Å²) in [6, 6.07) is 0. The Labute approximate surface area is 164 Å². The van der Waals surface area contributed by atoms with E-state index in [1.54, 1.807) is 0 Å². The number of hydrogen-bond acceptors (Lipinski definition) is 5. The van der Waals surface area contributed by atoms with Crippen molar-refractivity contribution in [2.24, 2.45) is 5.41 Å². The van der Waals surface area contributed by atoms with Gasteiger partial charge in [-0.05, 0) is 77.2 Å². The van der Waals surface area contributed by atoms with Crippen LogP contribution in [0.25, 0.3) is 0 Å². The van der Waals surface area contributed by atoms with Crippen LogP contribution in [0.3, 0.4) is 0 Å². The van der Waals surface area contributed by atoms with Crippen molar-refractivity contribution in [3.63, 3.8) is 0 Å². The number of thioether (sulfide) groups is 1. The van der Waals surface area contributed by atoms with Crippen molar-refractivity contribution in [3.8, 4) is 0 Å². The minimum Gasteiger partial charge on any atom is -0.460 e. The molecule has 2 aliphatic heterocycles. The zero-order valence-electron chi connectivity index (χ0n) is 17.0. The third-order valence-corrected chi connectivity index (χ3v) is 6.26. The topological polar surface area (TPSA) is 44.8 Å². The number of carbonyl (C=O) groups excluding carboxylic acids is 1. The molecule has 1 unspecified atom stereocenters. The second-order valence-corrected chi connectivity index (χ2v) is 9.95. The van der Waals surface area contributed by atoms with Crippen LogP contribution < -0.4 is 0 Å². The highest BCUT2D eigenvalue weighted by molar-refractivity contribution is 7.99.